The van der Waals surface area contributed by atoms with Crippen LogP contribution in [0.2, 0.25) is 0 Å². The molecule has 0 aliphatic carbocycles. The number of carbonyl (C=O) groups is 2. The van der Waals surface area contributed by atoms with Crippen molar-refractivity contribution in [3.05, 3.63) is 48.6 Å². The van der Waals surface area contributed by atoms with E-state index in [-0.39, 0.29) is 26.1 Å². The van der Waals surface area contributed by atoms with Gasteiger partial charge in [0.05, 0.1) is 27.7 Å². The lowest BCUT2D eigenvalue weighted by atomic mass is 10.1. The zero-order valence-corrected chi connectivity index (χ0v) is 36.1. The second-order valence-electron chi connectivity index (χ2n) is 15.3. The van der Waals surface area contributed by atoms with Crippen LogP contribution in [0.1, 0.15) is 168 Å². The molecule has 0 aromatic carbocycles. The summed E-state index contributed by atoms with van der Waals surface area (Å²) in [7, 11) is 1.44. The molecule has 0 saturated heterocycles. The molecule has 0 radical (unpaired) electrons. The Balaban J connectivity index is 4.45. The molecular formula is C44H81NO8P+. The largest absolute Gasteiger partial charge is 0.472 e. The highest BCUT2D eigenvalue weighted by Gasteiger charge is 2.27. The van der Waals surface area contributed by atoms with Crippen molar-refractivity contribution >= 4 is 19.8 Å². The standard InChI is InChI=1S/C44H80NO8P/c1-6-8-10-12-14-16-18-20-22-24-26-28-30-32-34-36-43(46)50-40-42(41-52-54(48,49)51-39-38-45(3,4)5)53-44(47)37-35-33-31-29-27-25-23-21-19-17-15-13-11-9-7-2/h8,10,14,16,20,22,31,33,42H,6-7,9,11-13,15,17-19,21,23-30,32,34-41H2,1-5H3/p+1/b10-8+,16-14+,22-20+,33-31+/t42-/m1/s1. The molecule has 54 heavy (non-hydrogen) atoms. The Morgan fingerprint density at radius 3 is 1.67 bits per heavy atom. The Morgan fingerprint density at radius 2 is 1.09 bits per heavy atom. The molecule has 0 spiro atoms. The number of unbranched alkanes of at least 4 members (excludes halogenated alkanes) is 16. The number of phosphoric ester groups is 1. The topological polar surface area (TPSA) is 108 Å². The first-order valence-corrected chi connectivity index (χ1v) is 22.9. The maximum Gasteiger partial charge on any atom is 0.472 e. The average Bonchev–Trinajstić information content (AvgIpc) is 3.12. The number of hydrogen-bond donors (Lipinski definition) is 1. The number of allylic oxidation sites excluding steroid dienone is 8. The zero-order valence-electron chi connectivity index (χ0n) is 35.2. The van der Waals surface area contributed by atoms with Crippen LogP contribution in [-0.4, -0.2) is 74.9 Å². The quantitative estimate of drug-likeness (QED) is 0.0217. The molecule has 10 heteroatoms. The van der Waals surface area contributed by atoms with Crippen LogP contribution in [0.3, 0.4) is 0 Å². The number of nitrogens with zero attached hydrogens (tertiary/aromatic N) is 1. The first kappa shape index (κ1) is 52.0. The number of phosphoric acid groups is 1. The predicted molar refractivity (Wildman–Crippen MR) is 224 cm³/mol. The molecule has 0 bridgehead atoms. The Labute approximate surface area is 331 Å². The summed E-state index contributed by atoms with van der Waals surface area (Å²) < 4.78 is 34.2. The van der Waals surface area contributed by atoms with Crippen LogP contribution >= 0.6 is 7.82 Å². The fourth-order valence-electron chi connectivity index (χ4n) is 5.52. The molecule has 0 heterocycles. The summed E-state index contributed by atoms with van der Waals surface area (Å²) in [6.45, 7) is 4.24. The molecule has 9 nitrogen and oxygen atoms in total. The van der Waals surface area contributed by atoms with E-state index in [9.17, 15) is 19.0 Å². The maximum absolute atomic E-state index is 12.6. The predicted octanol–water partition coefficient (Wildman–Crippen LogP) is 11.9. The summed E-state index contributed by atoms with van der Waals surface area (Å²) in [5, 5.41) is 0. The minimum absolute atomic E-state index is 0.0218. The van der Waals surface area contributed by atoms with Gasteiger partial charge in [-0.15, -0.1) is 0 Å². The number of hydrogen-bond acceptors (Lipinski definition) is 7. The Bertz CT molecular complexity index is 1070. The molecule has 1 unspecified atom stereocenters. The first-order valence-electron chi connectivity index (χ1n) is 21.4. The molecule has 0 rings (SSSR count). The molecule has 314 valence electrons. The van der Waals surface area contributed by atoms with Gasteiger partial charge in [-0.1, -0.05) is 146 Å². The number of rotatable bonds is 38. The SMILES string of the molecule is CC/C=C/C/C=C/C/C=C/CCCCCCCC(=O)OC[C@H](COP(=O)(O)OCC[N+](C)(C)C)OC(=O)CC/C=C/CCCCCCCCCCCCC. The van der Waals surface area contributed by atoms with Crippen LogP contribution in [0.5, 0.6) is 0 Å². The minimum atomic E-state index is -4.39. The lowest BCUT2D eigenvalue weighted by Crippen LogP contribution is -2.37. The van der Waals surface area contributed by atoms with Gasteiger partial charge < -0.3 is 18.9 Å². The summed E-state index contributed by atoms with van der Waals surface area (Å²) in [6.07, 6.45) is 41.7. The van der Waals surface area contributed by atoms with Gasteiger partial charge in [0.2, 0.25) is 0 Å². The Kier molecular flexibility index (Phi) is 35.2. The summed E-state index contributed by atoms with van der Waals surface area (Å²) >= 11 is 0. The van der Waals surface area contributed by atoms with Crippen LogP contribution < -0.4 is 0 Å². The van der Waals surface area contributed by atoms with Gasteiger partial charge in [-0.3, -0.25) is 18.6 Å². The van der Waals surface area contributed by atoms with E-state index < -0.39 is 32.5 Å². The van der Waals surface area contributed by atoms with Crippen LogP contribution in [0.15, 0.2) is 48.6 Å². The molecule has 0 amide bonds. The van der Waals surface area contributed by atoms with Gasteiger partial charge in [0.25, 0.3) is 0 Å². The number of quaternary nitrogens is 1. The van der Waals surface area contributed by atoms with Crippen molar-refractivity contribution in [2.45, 2.75) is 174 Å². The van der Waals surface area contributed by atoms with Gasteiger partial charge in [-0.2, -0.15) is 0 Å². The smallest absolute Gasteiger partial charge is 0.462 e. The summed E-state index contributed by atoms with van der Waals surface area (Å²) in [5.41, 5.74) is 0. The molecule has 2 atom stereocenters. The second-order valence-corrected chi connectivity index (χ2v) is 16.8. The van der Waals surface area contributed by atoms with E-state index in [0.29, 0.717) is 23.9 Å². The van der Waals surface area contributed by atoms with Crippen molar-refractivity contribution in [3.8, 4) is 0 Å². The molecule has 1 N–H and O–H groups in total. The van der Waals surface area contributed by atoms with Gasteiger partial charge in [0, 0.05) is 12.8 Å². The van der Waals surface area contributed by atoms with E-state index in [1.165, 1.54) is 64.2 Å². The van der Waals surface area contributed by atoms with Gasteiger partial charge in [0.1, 0.15) is 19.8 Å². The maximum atomic E-state index is 12.6. The van der Waals surface area contributed by atoms with Crippen molar-refractivity contribution < 1.29 is 42.1 Å². The Morgan fingerprint density at radius 1 is 0.593 bits per heavy atom. The van der Waals surface area contributed by atoms with Crippen LogP contribution in [-0.2, 0) is 32.7 Å². The molecule has 0 aliphatic heterocycles. The molecule has 0 fully saturated rings. The lowest BCUT2D eigenvalue weighted by Gasteiger charge is -2.24. The van der Waals surface area contributed by atoms with E-state index in [2.05, 4.69) is 56.4 Å². The highest BCUT2D eigenvalue weighted by atomic mass is 31.2. The van der Waals surface area contributed by atoms with Crippen molar-refractivity contribution in [1.29, 1.82) is 0 Å². The van der Waals surface area contributed by atoms with Crippen molar-refractivity contribution in [1.82, 2.24) is 0 Å². The van der Waals surface area contributed by atoms with E-state index >= 15 is 0 Å². The van der Waals surface area contributed by atoms with Crippen molar-refractivity contribution in [2.24, 2.45) is 0 Å². The van der Waals surface area contributed by atoms with Gasteiger partial charge in [-0.05, 0) is 57.8 Å². The normalized spacial score (nSPS) is 14.1. The number of likely N-dealkylation sites (N-methyl/N-ethyl adjacent to an activating group) is 1. The van der Waals surface area contributed by atoms with Crippen LogP contribution in [0, 0.1) is 0 Å². The highest BCUT2D eigenvalue weighted by molar-refractivity contribution is 7.47. The third-order valence-electron chi connectivity index (χ3n) is 8.86. The van der Waals surface area contributed by atoms with Gasteiger partial charge >= 0.3 is 19.8 Å². The fraction of sp³-hybridized carbons (Fsp3) is 0.773. The Hall–Kier alpha value is -2.03. The van der Waals surface area contributed by atoms with E-state index in [1.807, 2.05) is 27.2 Å². The molecule has 0 aliphatic rings. The first-order chi connectivity index (χ1) is 26.0. The number of carbonyl (C=O) groups excluding carboxylic acids is 2. The van der Waals surface area contributed by atoms with Crippen molar-refractivity contribution in [2.75, 3.05) is 47.5 Å². The fourth-order valence-corrected chi connectivity index (χ4v) is 6.26. The monoisotopic (exact) mass is 783 g/mol. The highest BCUT2D eigenvalue weighted by Crippen LogP contribution is 2.43. The molecule has 0 aromatic rings. The summed E-state index contributed by atoms with van der Waals surface area (Å²) in [6, 6.07) is 0. The van der Waals surface area contributed by atoms with E-state index in [1.54, 1.807) is 0 Å². The lowest BCUT2D eigenvalue weighted by molar-refractivity contribution is -0.870. The average molecular weight is 783 g/mol. The van der Waals surface area contributed by atoms with Gasteiger partial charge in [-0.25, -0.2) is 4.57 Å². The molecular weight excluding hydrogens is 701 g/mol. The van der Waals surface area contributed by atoms with E-state index in [0.717, 1.165) is 64.2 Å². The summed E-state index contributed by atoms with van der Waals surface area (Å²) in [4.78, 5) is 35.3. The molecule has 0 aromatic heterocycles. The third kappa shape index (κ3) is 39.7. The van der Waals surface area contributed by atoms with Crippen LogP contribution in [0.25, 0.3) is 0 Å². The van der Waals surface area contributed by atoms with E-state index in [4.69, 9.17) is 18.5 Å². The van der Waals surface area contributed by atoms with Crippen molar-refractivity contribution in [3.63, 3.8) is 0 Å². The minimum Gasteiger partial charge on any atom is -0.462 e. The zero-order chi connectivity index (χ0) is 40.0. The van der Waals surface area contributed by atoms with Gasteiger partial charge in [0.15, 0.2) is 6.10 Å². The molecule has 0 saturated carbocycles. The second kappa shape index (κ2) is 36.6. The number of ether oxygens (including phenoxy) is 2. The number of esters is 2. The van der Waals surface area contributed by atoms with Crippen LogP contribution in [0.4, 0.5) is 0 Å². The summed E-state index contributed by atoms with van der Waals surface area (Å²) in [5.74, 6) is -0.877. The third-order valence-corrected chi connectivity index (χ3v) is 9.84.